The molecule has 0 aliphatic heterocycles. The molecule has 3 unspecified atom stereocenters. The lowest BCUT2D eigenvalue weighted by Crippen LogP contribution is -2.45. The van der Waals surface area contributed by atoms with E-state index in [9.17, 15) is 0 Å². The molecule has 0 bridgehead atoms. The van der Waals surface area contributed by atoms with Crippen molar-refractivity contribution in [3.05, 3.63) is 228 Å². The zero-order valence-electron chi connectivity index (χ0n) is 48.0. The Hall–Kier alpha value is -7.60. The van der Waals surface area contributed by atoms with Crippen LogP contribution in [-0.4, -0.2) is 19.8 Å². The SMILES string of the molecule is CC(C)=C/C=C(\C)OCc1ccc(C(C)C(C)(C)C(C)(C)C(c2ccc(COC(C)Cn3c4ccc(-n5c6ccccc6c6ccccc65)cc4c4cc(-n5c6ccccc6c6ccccc65)ccc43)cc2)C(C)(C)C)cc1. The molecule has 0 aliphatic rings. The van der Waals surface area contributed by atoms with Crippen molar-refractivity contribution in [2.24, 2.45) is 16.2 Å². The largest absolute Gasteiger partial charge is 0.494 e. The highest BCUT2D eigenvalue weighted by Gasteiger charge is 2.50. The van der Waals surface area contributed by atoms with Crippen LogP contribution in [0.15, 0.2) is 205 Å². The van der Waals surface area contributed by atoms with Crippen molar-refractivity contribution in [3.63, 3.8) is 0 Å². The van der Waals surface area contributed by atoms with Crippen LogP contribution in [0.1, 0.15) is 117 Å². The number of allylic oxidation sites excluding steroid dienone is 4. The standard InChI is InChI=1S/C73H77N3O2/c1-48(2)29-30-49(3)77-46-52-31-35-54(36-32-52)51(5)72(9,10)73(11,12)70(71(6,7)8)55-37-33-53(34-38-55)47-78-50(4)45-74-64-41-39-56(75-66-25-17-13-21-58(66)59-22-14-18-26-67(59)75)43-62(64)63-44-57(40-42-65(63)74)76-68-27-19-15-23-60(68)61-24-16-20-28-69(61)76/h13-44,50-51,70H,45-47H2,1-12H3/b49-30+. The second-order valence-corrected chi connectivity index (χ2v) is 24.6. The maximum Gasteiger partial charge on any atom is 0.113 e. The van der Waals surface area contributed by atoms with Gasteiger partial charge in [-0.2, -0.15) is 0 Å². The predicted octanol–water partition coefficient (Wildman–Crippen LogP) is 20.0. The lowest BCUT2D eigenvalue weighted by molar-refractivity contribution is 0.00959. The van der Waals surface area contributed by atoms with Gasteiger partial charge in [-0.1, -0.05) is 188 Å². The smallest absolute Gasteiger partial charge is 0.113 e. The zero-order valence-corrected chi connectivity index (χ0v) is 48.0. The number of para-hydroxylation sites is 4. The first kappa shape index (κ1) is 52.5. The molecule has 3 atom stereocenters. The molecule has 11 aromatic rings. The quantitative estimate of drug-likeness (QED) is 0.0714. The van der Waals surface area contributed by atoms with Crippen molar-refractivity contribution in [2.75, 3.05) is 0 Å². The lowest BCUT2D eigenvalue weighted by Gasteiger charge is -2.54. The van der Waals surface area contributed by atoms with Gasteiger partial charge in [-0.3, -0.25) is 0 Å². The van der Waals surface area contributed by atoms with Crippen LogP contribution in [0.5, 0.6) is 0 Å². The Morgan fingerprint density at radius 3 is 1.31 bits per heavy atom. The maximum absolute atomic E-state index is 6.84. The van der Waals surface area contributed by atoms with Crippen LogP contribution in [0.4, 0.5) is 0 Å². The molecular formula is C73H77N3O2. The number of rotatable bonds is 16. The van der Waals surface area contributed by atoms with E-state index in [1.807, 2.05) is 13.0 Å². The fourth-order valence-corrected chi connectivity index (χ4v) is 13.1. The molecule has 3 heterocycles. The Morgan fingerprint density at radius 2 is 0.872 bits per heavy atom. The Labute approximate surface area is 462 Å². The van der Waals surface area contributed by atoms with Gasteiger partial charge < -0.3 is 23.2 Å². The van der Waals surface area contributed by atoms with Crippen molar-refractivity contribution < 1.29 is 9.47 Å². The first-order valence-corrected chi connectivity index (χ1v) is 28.2. The van der Waals surface area contributed by atoms with Gasteiger partial charge in [-0.05, 0) is 145 Å². The van der Waals surface area contributed by atoms with Crippen LogP contribution in [-0.2, 0) is 29.2 Å². The summed E-state index contributed by atoms with van der Waals surface area (Å²) in [4.78, 5) is 0. The number of aromatic nitrogens is 3. The Morgan fingerprint density at radius 1 is 0.449 bits per heavy atom. The zero-order chi connectivity index (χ0) is 54.7. The summed E-state index contributed by atoms with van der Waals surface area (Å²) in [7, 11) is 0. The second-order valence-electron chi connectivity index (χ2n) is 24.6. The molecule has 0 saturated heterocycles. The average Bonchev–Trinajstić information content (AvgIpc) is 4.25. The molecule has 8 aromatic carbocycles. The molecule has 396 valence electrons. The van der Waals surface area contributed by atoms with Gasteiger partial charge in [0.1, 0.15) is 6.61 Å². The number of hydrogen-bond donors (Lipinski definition) is 0. The van der Waals surface area contributed by atoms with E-state index in [0.29, 0.717) is 31.6 Å². The molecule has 3 aromatic heterocycles. The third-order valence-electron chi connectivity index (χ3n) is 17.7. The average molecular weight is 1030 g/mol. The van der Waals surface area contributed by atoms with Crippen molar-refractivity contribution in [3.8, 4) is 11.4 Å². The van der Waals surface area contributed by atoms with Gasteiger partial charge in [0.2, 0.25) is 0 Å². The number of benzene rings is 8. The number of hydrogen-bond acceptors (Lipinski definition) is 2. The number of nitrogens with zero attached hydrogens (tertiary/aromatic N) is 3. The van der Waals surface area contributed by atoms with E-state index in [-0.39, 0.29) is 22.3 Å². The highest BCUT2D eigenvalue weighted by Crippen LogP contribution is 2.60. The first-order valence-electron chi connectivity index (χ1n) is 28.2. The normalized spacial score (nSPS) is 14.0. The Balaban J connectivity index is 0.868. The van der Waals surface area contributed by atoms with Gasteiger partial charge in [0.05, 0.1) is 40.5 Å². The topological polar surface area (TPSA) is 33.2 Å². The molecule has 0 amide bonds. The molecule has 0 fully saturated rings. The fraction of sp³-hybridized carbons (Fsp3) is 0.288. The van der Waals surface area contributed by atoms with Gasteiger partial charge in [0.25, 0.3) is 0 Å². The molecule has 0 N–H and O–H groups in total. The summed E-state index contributed by atoms with van der Waals surface area (Å²) in [5, 5.41) is 7.49. The van der Waals surface area contributed by atoms with Crippen LogP contribution in [0, 0.1) is 16.2 Å². The molecule has 0 spiro atoms. The van der Waals surface area contributed by atoms with E-state index in [1.54, 1.807) is 0 Å². The lowest BCUT2D eigenvalue weighted by atomic mass is 9.50. The molecular weight excluding hydrogens is 951 g/mol. The van der Waals surface area contributed by atoms with Crippen LogP contribution in [0.2, 0.25) is 0 Å². The summed E-state index contributed by atoms with van der Waals surface area (Å²) >= 11 is 0. The van der Waals surface area contributed by atoms with Crippen molar-refractivity contribution in [2.45, 2.75) is 121 Å². The molecule has 5 heteroatoms. The number of ether oxygens (including phenoxy) is 2. The minimum atomic E-state index is -0.0669. The summed E-state index contributed by atoms with van der Waals surface area (Å²) in [5.41, 5.74) is 15.8. The number of fused-ring (bicyclic) bond motifs is 9. The van der Waals surface area contributed by atoms with Gasteiger partial charge in [0, 0.05) is 61.3 Å². The van der Waals surface area contributed by atoms with Crippen LogP contribution < -0.4 is 0 Å². The molecule has 78 heavy (non-hydrogen) atoms. The van der Waals surface area contributed by atoms with Gasteiger partial charge in [0.15, 0.2) is 0 Å². The molecule has 11 rings (SSSR count). The summed E-state index contributed by atoms with van der Waals surface area (Å²) in [6, 6.07) is 67.6. The second kappa shape index (κ2) is 20.6. The summed E-state index contributed by atoms with van der Waals surface area (Å²) in [5.74, 6) is 1.54. The monoisotopic (exact) mass is 1030 g/mol. The summed E-state index contributed by atoms with van der Waals surface area (Å²) in [6.45, 7) is 29.8. The molecule has 0 aliphatic carbocycles. The first-order chi connectivity index (χ1) is 37.4. The predicted molar refractivity (Wildman–Crippen MR) is 331 cm³/mol. The van der Waals surface area contributed by atoms with Gasteiger partial charge >= 0.3 is 0 Å². The summed E-state index contributed by atoms with van der Waals surface area (Å²) < 4.78 is 20.3. The van der Waals surface area contributed by atoms with Crippen molar-refractivity contribution >= 4 is 65.4 Å². The van der Waals surface area contributed by atoms with Gasteiger partial charge in [-0.15, -0.1) is 0 Å². The Bertz CT molecular complexity index is 3770. The van der Waals surface area contributed by atoms with Crippen LogP contribution in [0.3, 0.4) is 0 Å². The highest BCUT2D eigenvalue weighted by molar-refractivity contribution is 6.13. The summed E-state index contributed by atoms with van der Waals surface area (Å²) in [6.07, 6.45) is 4.08. The molecule has 5 nitrogen and oxygen atoms in total. The fourth-order valence-electron chi connectivity index (χ4n) is 13.1. The third kappa shape index (κ3) is 9.55. The third-order valence-corrected chi connectivity index (χ3v) is 17.7. The van der Waals surface area contributed by atoms with E-state index in [4.69, 9.17) is 9.47 Å². The highest BCUT2D eigenvalue weighted by atomic mass is 16.5. The van der Waals surface area contributed by atoms with E-state index < -0.39 is 0 Å². The van der Waals surface area contributed by atoms with Crippen LogP contribution in [0.25, 0.3) is 76.8 Å². The molecule has 0 saturated carbocycles. The Kier molecular flexibility index (Phi) is 13.9. The van der Waals surface area contributed by atoms with E-state index in [1.165, 1.54) is 93.2 Å². The van der Waals surface area contributed by atoms with E-state index >= 15 is 0 Å². The van der Waals surface area contributed by atoms with Crippen molar-refractivity contribution in [1.29, 1.82) is 0 Å². The van der Waals surface area contributed by atoms with Gasteiger partial charge in [-0.25, -0.2) is 0 Å². The minimum absolute atomic E-state index is 0.0157. The van der Waals surface area contributed by atoms with E-state index in [0.717, 1.165) is 17.1 Å². The van der Waals surface area contributed by atoms with Crippen LogP contribution >= 0.6 is 0 Å². The van der Waals surface area contributed by atoms with E-state index in [2.05, 4.69) is 278 Å². The van der Waals surface area contributed by atoms with Crippen molar-refractivity contribution in [1.82, 2.24) is 13.7 Å². The maximum atomic E-state index is 6.84. The molecule has 0 radical (unpaired) electrons. The minimum Gasteiger partial charge on any atom is -0.494 e.